The number of rotatable bonds is 6. The molecule has 1 heterocycles. The SMILES string of the molecule is Cc1ccc(CSc2ccc(S(=O)(=O)N3CCCCCC3)cc2[N+](=O)[O-])cc1. The third-order valence-electron chi connectivity index (χ3n) is 4.84. The minimum absolute atomic E-state index is 0.000728. The molecule has 1 aliphatic rings. The maximum absolute atomic E-state index is 12.9. The number of sulfonamides is 1. The molecule has 3 rings (SSSR count). The Labute approximate surface area is 170 Å². The highest BCUT2D eigenvalue weighted by atomic mass is 32.2. The minimum Gasteiger partial charge on any atom is -0.258 e. The van der Waals surface area contributed by atoms with Gasteiger partial charge in [-0.25, -0.2) is 8.42 Å². The predicted octanol–water partition coefficient (Wildman–Crippen LogP) is 4.76. The highest BCUT2D eigenvalue weighted by Gasteiger charge is 2.28. The third kappa shape index (κ3) is 4.92. The van der Waals surface area contributed by atoms with Gasteiger partial charge in [-0.2, -0.15) is 4.31 Å². The van der Waals surface area contributed by atoms with Gasteiger partial charge in [0.2, 0.25) is 10.0 Å². The molecule has 0 N–H and O–H groups in total. The second-order valence-electron chi connectivity index (χ2n) is 6.98. The van der Waals surface area contributed by atoms with Crippen LogP contribution in [0.1, 0.15) is 36.8 Å². The van der Waals surface area contributed by atoms with E-state index in [9.17, 15) is 18.5 Å². The molecule has 28 heavy (non-hydrogen) atoms. The molecule has 0 spiro atoms. The molecule has 2 aromatic carbocycles. The smallest absolute Gasteiger partial charge is 0.258 e. The molecule has 150 valence electrons. The quantitative estimate of drug-likeness (QED) is 0.382. The summed E-state index contributed by atoms with van der Waals surface area (Å²) in [5.74, 6) is 0.583. The lowest BCUT2D eigenvalue weighted by molar-refractivity contribution is -0.388. The van der Waals surface area contributed by atoms with Crippen molar-refractivity contribution in [3.63, 3.8) is 0 Å². The van der Waals surface area contributed by atoms with E-state index < -0.39 is 14.9 Å². The summed E-state index contributed by atoms with van der Waals surface area (Å²) in [7, 11) is -3.71. The van der Waals surface area contributed by atoms with Crippen LogP contribution >= 0.6 is 11.8 Å². The molecule has 0 saturated carbocycles. The van der Waals surface area contributed by atoms with Gasteiger partial charge < -0.3 is 0 Å². The van der Waals surface area contributed by atoms with E-state index in [-0.39, 0.29) is 10.6 Å². The maximum Gasteiger partial charge on any atom is 0.284 e. The van der Waals surface area contributed by atoms with Crippen LogP contribution in [0.25, 0.3) is 0 Å². The lowest BCUT2D eigenvalue weighted by atomic mass is 10.2. The first-order chi connectivity index (χ1) is 13.4. The maximum atomic E-state index is 12.9. The van der Waals surface area contributed by atoms with Crippen molar-refractivity contribution in [2.24, 2.45) is 0 Å². The highest BCUT2D eigenvalue weighted by Crippen LogP contribution is 2.34. The average Bonchev–Trinajstić information content (AvgIpc) is 2.97. The van der Waals surface area contributed by atoms with Gasteiger partial charge >= 0.3 is 0 Å². The van der Waals surface area contributed by atoms with Crippen LogP contribution in [0.3, 0.4) is 0 Å². The Balaban J connectivity index is 1.84. The minimum atomic E-state index is -3.71. The summed E-state index contributed by atoms with van der Waals surface area (Å²) in [5, 5.41) is 11.6. The topological polar surface area (TPSA) is 80.5 Å². The number of hydrogen-bond donors (Lipinski definition) is 0. The lowest BCUT2D eigenvalue weighted by Crippen LogP contribution is -2.31. The summed E-state index contributed by atoms with van der Waals surface area (Å²) in [5.41, 5.74) is 2.06. The predicted molar refractivity (Wildman–Crippen MR) is 111 cm³/mol. The third-order valence-corrected chi connectivity index (χ3v) is 7.87. The molecule has 0 radical (unpaired) electrons. The van der Waals surface area contributed by atoms with Crippen LogP contribution in [0, 0.1) is 17.0 Å². The molecule has 8 heteroatoms. The Hall–Kier alpha value is -1.90. The molecule has 2 aromatic rings. The number of nitro groups is 1. The largest absolute Gasteiger partial charge is 0.284 e. The van der Waals surface area contributed by atoms with Crippen LogP contribution < -0.4 is 0 Å². The van der Waals surface area contributed by atoms with Gasteiger partial charge in [-0.15, -0.1) is 11.8 Å². The lowest BCUT2D eigenvalue weighted by Gasteiger charge is -2.20. The second-order valence-corrected chi connectivity index (χ2v) is 9.93. The summed E-state index contributed by atoms with van der Waals surface area (Å²) >= 11 is 1.34. The Morgan fingerprint density at radius 3 is 2.29 bits per heavy atom. The summed E-state index contributed by atoms with van der Waals surface area (Å²) in [6, 6.07) is 12.2. The molecular weight excluding hydrogens is 396 g/mol. The highest BCUT2D eigenvalue weighted by molar-refractivity contribution is 7.98. The number of hydrogen-bond acceptors (Lipinski definition) is 5. The van der Waals surface area contributed by atoms with Gasteiger partial charge in [0.15, 0.2) is 0 Å². The zero-order valence-electron chi connectivity index (χ0n) is 15.8. The molecular formula is C20H24N2O4S2. The molecule has 0 unspecified atom stereocenters. The summed E-state index contributed by atoms with van der Waals surface area (Å²) in [4.78, 5) is 11.5. The van der Waals surface area contributed by atoms with Crippen molar-refractivity contribution >= 4 is 27.5 Å². The van der Waals surface area contributed by atoms with Crippen molar-refractivity contribution in [2.75, 3.05) is 13.1 Å². The van der Waals surface area contributed by atoms with E-state index >= 15 is 0 Å². The summed E-state index contributed by atoms with van der Waals surface area (Å²) in [6.45, 7) is 2.95. The van der Waals surface area contributed by atoms with Crippen LogP contribution in [0.15, 0.2) is 52.3 Å². The molecule has 0 aliphatic carbocycles. The van der Waals surface area contributed by atoms with Crippen molar-refractivity contribution in [1.82, 2.24) is 4.31 Å². The Kier molecular flexibility index (Phi) is 6.74. The number of nitro benzene ring substituents is 1. The van der Waals surface area contributed by atoms with Crippen LogP contribution in [0.4, 0.5) is 5.69 Å². The van der Waals surface area contributed by atoms with Gasteiger partial charge in [0, 0.05) is 24.9 Å². The molecule has 1 aliphatic heterocycles. The first-order valence-electron chi connectivity index (χ1n) is 9.35. The molecule has 0 aromatic heterocycles. The molecule has 0 atom stereocenters. The van der Waals surface area contributed by atoms with Crippen molar-refractivity contribution < 1.29 is 13.3 Å². The zero-order chi connectivity index (χ0) is 20.1. The van der Waals surface area contributed by atoms with Gasteiger partial charge in [0.25, 0.3) is 5.69 Å². The molecule has 0 bridgehead atoms. The fourth-order valence-corrected chi connectivity index (χ4v) is 5.70. The van der Waals surface area contributed by atoms with Crippen molar-refractivity contribution in [2.45, 2.75) is 48.2 Å². The van der Waals surface area contributed by atoms with E-state index in [1.165, 1.54) is 28.2 Å². The van der Waals surface area contributed by atoms with Gasteiger partial charge in [-0.05, 0) is 37.5 Å². The number of aryl methyl sites for hydroxylation is 1. The van der Waals surface area contributed by atoms with Gasteiger partial charge in [0.1, 0.15) is 0 Å². The number of nitrogens with zero attached hydrogens (tertiary/aromatic N) is 2. The summed E-state index contributed by atoms with van der Waals surface area (Å²) < 4.78 is 27.3. The summed E-state index contributed by atoms with van der Waals surface area (Å²) in [6.07, 6.45) is 3.68. The molecule has 1 fully saturated rings. The second kappa shape index (κ2) is 9.07. The van der Waals surface area contributed by atoms with Crippen molar-refractivity contribution in [3.8, 4) is 0 Å². The van der Waals surface area contributed by atoms with Gasteiger partial charge in [-0.3, -0.25) is 10.1 Å². The Bertz CT molecular complexity index is 935. The fourth-order valence-electron chi connectivity index (χ4n) is 3.20. The van der Waals surface area contributed by atoms with E-state index in [1.54, 1.807) is 6.07 Å². The fraction of sp³-hybridized carbons (Fsp3) is 0.400. The van der Waals surface area contributed by atoms with Crippen LogP contribution in [0.5, 0.6) is 0 Å². The van der Waals surface area contributed by atoms with Crippen LogP contribution in [0.2, 0.25) is 0 Å². The molecule has 6 nitrogen and oxygen atoms in total. The van der Waals surface area contributed by atoms with E-state index in [2.05, 4.69) is 0 Å². The standard InChI is InChI=1S/C20H24N2O4S2/c1-16-6-8-17(9-7-16)15-27-20-11-10-18(14-19(20)22(23)24)28(25,26)21-12-4-2-3-5-13-21/h6-11,14H,2-5,12-13,15H2,1H3. The van der Waals surface area contributed by atoms with Crippen LogP contribution in [-0.2, 0) is 15.8 Å². The molecule has 0 amide bonds. The molecule has 1 saturated heterocycles. The van der Waals surface area contributed by atoms with Gasteiger partial charge in [-0.1, -0.05) is 42.7 Å². The van der Waals surface area contributed by atoms with Gasteiger partial charge in [0.05, 0.1) is 14.7 Å². The van der Waals surface area contributed by atoms with E-state index in [0.29, 0.717) is 23.7 Å². The Morgan fingerprint density at radius 2 is 1.68 bits per heavy atom. The van der Waals surface area contributed by atoms with E-state index in [0.717, 1.165) is 36.8 Å². The number of benzene rings is 2. The van der Waals surface area contributed by atoms with E-state index in [4.69, 9.17) is 0 Å². The van der Waals surface area contributed by atoms with E-state index in [1.807, 2.05) is 31.2 Å². The normalized spacial score (nSPS) is 15.9. The van der Waals surface area contributed by atoms with Crippen molar-refractivity contribution in [1.29, 1.82) is 0 Å². The zero-order valence-corrected chi connectivity index (χ0v) is 17.5. The van der Waals surface area contributed by atoms with Crippen LogP contribution in [-0.4, -0.2) is 30.7 Å². The number of thioether (sulfide) groups is 1. The first kappa shape index (κ1) is 20.8. The monoisotopic (exact) mass is 420 g/mol. The Morgan fingerprint density at radius 1 is 1.04 bits per heavy atom. The average molecular weight is 421 g/mol. The first-order valence-corrected chi connectivity index (χ1v) is 11.8. The van der Waals surface area contributed by atoms with Crippen molar-refractivity contribution in [3.05, 3.63) is 63.7 Å².